The number of carbonyl (C=O) groups excluding carboxylic acids is 3. The molecule has 2 fully saturated rings. The average molecular weight is 421 g/mol. The van der Waals surface area contributed by atoms with Crippen molar-refractivity contribution in [1.29, 1.82) is 0 Å². The average Bonchev–Trinajstić information content (AvgIpc) is 3.01. The Morgan fingerprint density at radius 1 is 1.10 bits per heavy atom. The van der Waals surface area contributed by atoms with Gasteiger partial charge in [0.2, 0.25) is 0 Å². The van der Waals surface area contributed by atoms with Gasteiger partial charge in [-0.15, -0.1) is 0 Å². The van der Waals surface area contributed by atoms with Crippen LogP contribution >= 0.6 is 0 Å². The Hall–Kier alpha value is -1.85. The van der Waals surface area contributed by atoms with Crippen molar-refractivity contribution in [1.82, 2.24) is 0 Å². The second-order valence-electron chi connectivity index (χ2n) is 10.6. The molecule has 0 radical (unpaired) electrons. The molecule has 0 spiro atoms. The maximum absolute atomic E-state index is 12.7. The molecule has 3 aliphatic rings. The van der Waals surface area contributed by atoms with Crippen molar-refractivity contribution in [2.24, 2.45) is 34.0 Å². The lowest BCUT2D eigenvalue weighted by Gasteiger charge is -2.62. The molecule has 0 aromatic carbocycles. The topological polar surface area (TPSA) is 78.9 Å². The van der Waals surface area contributed by atoms with Crippen LogP contribution in [0.5, 0.6) is 0 Å². The summed E-state index contributed by atoms with van der Waals surface area (Å²) in [6, 6.07) is 0. The van der Waals surface area contributed by atoms with Crippen molar-refractivity contribution in [3.8, 4) is 0 Å². The van der Waals surface area contributed by atoms with Gasteiger partial charge in [-0.1, -0.05) is 34.1 Å². The number of aldehydes is 1. The highest BCUT2D eigenvalue weighted by molar-refractivity contribution is 5.67. The van der Waals surface area contributed by atoms with Crippen molar-refractivity contribution in [2.45, 2.75) is 79.9 Å². The van der Waals surface area contributed by atoms with Gasteiger partial charge in [0.05, 0.1) is 12.2 Å². The molecule has 0 bridgehead atoms. The van der Waals surface area contributed by atoms with Gasteiger partial charge in [-0.2, -0.15) is 0 Å². The molecule has 6 nitrogen and oxygen atoms in total. The summed E-state index contributed by atoms with van der Waals surface area (Å²) in [7, 11) is 0. The Bertz CT molecular complexity index is 740. The molecule has 1 aliphatic heterocycles. The van der Waals surface area contributed by atoms with E-state index in [9.17, 15) is 14.4 Å². The normalized spacial score (nSPS) is 39.9. The van der Waals surface area contributed by atoms with Gasteiger partial charge >= 0.3 is 11.9 Å². The van der Waals surface area contributed by atoms with E-state index in [1.54, 1.807) is 6.26 Å². The summed E-state index contributed by atoms with van der Waals surface area (Å²) in [4.78, 5) is 35.8. The maximum atomic E-state index is 12.7. The summed E-state index contributed by atoms with van der Waals surface area (Å²) in [5.74, 6) is -0.908. The fraction of sp³-hybridized carbons (Fsp3) is 0.792. The predicted molar refractivity (Wildman–Crippen MR) is 111 cm³/mol. The van der Waals surface area contributed by atoms with Crippen LogP contribution in [0.4, 0.5) is 0 Å². The summed E-state index contributed by atoms with van der Waals surface area (Å²) < 4.78 is 16.5. The molecule has 6 heteroatoms. The van der Waals surface area contributed by atoms with Crippen LogP contribution in [0.1, 0.15) is 73.6 Å². The summed E-state index contributed by atoms with van der Waals surface area (Å²) in [5, 5.41) is 0. The van der Waals surface area contributed by atoms with E-state index in [1.165, 1.54) is 20.3 Å². The van der Waals surface area contributed by atoms with Crippen LogP contribution in [0.15, 0.2) is 11.8 Å². The first-order valence-corrected chi connectivity index (χ1v) is 11.1. The summed E-state index contributed by atoms with van der Waals surface area (Å²) in [6.45, 7) is 11.8. The molecule has 168 valence electrons. The molecule has 0 unspecified atom stereocenters. The van der Waals surface area contributed by atoms with Gasteiger partial charge in [0.15, 0.2) is 0 Å². The van der Waals surface area contributed by atoms with Crippen LogP contribution in [0.2, 0.25) is 0 Å². The van der Waals surface area contributed by atoms with Crippen LogP contribution in [0, 0.1) is 34.0 Å². The van der Waals surface area contributed by atoms with Crippen molar-refractivity contribution < 1.29 is 28.6 Å². The van der Waals surface area contributed by atoms with Gasteiger partial charge in [0.1, 0.15) is 12.9 Å². The molecular formula is C24H36O6. The zero-order chi connectivity index (χ0) is 22.3. The summed E-state index contributed by atoms with van der Waals surface area (Å²) >= 11 is 0. The van der Waals surface area contributed by atoms with Gasteiger partial charge in [-0.3, -0.25) is 9.59 Å². The lowest BCUT2D eigenvalue weighted by Crippen LogP contribution is -2.58. The van der Waals surface area contributed by atoms with E-state index in [4.69, 9.17) is 14.2 Å². The van der Waals surface area contributed by atoms with Gasteiger partial charge < -0.3 is 19.0 Å². The lowest BCUT2D eigenvalue weighted by atomic mass is 9.41. The van der Waals surface area contributed by atoms with Gasteiger partial charge in [0.25, 0.3) is 6.29 Å². The fourth-order valence-electron chi connectivity index (χ4n) is 7.07. The standard InChI is InChI=1S/C24H36O6/c1-15(26)28-13-17-14-29-21(30-16(2)27)20(17)24(6)11-8-18-22(3,4)9-7-10-23(18,5)19(24)12-25/h12,14,18-21H,7-11,13H2,1-6H3/t18-,19+,20-,21+,23-,24-/m0/s1. The minimum Gasteiger partial charge on any atom is -0.462 e. The van der Waals surface area contributed by atoms with Gasteiger partial charge in [-0.25, -0.2) is 0 Å². The molecule has 6 atom stereocenters. The second kappa shape index (κ2) is 8.01. The molecule has 0 N–H and O–H groups in total. The van der Waals surface area contributed by atoms with Crippen LogP contribution < -0.4 is 0 Å². The Labute approximate surface area is 179 Å². The molecule has 2 aliphatic carbocycles. The van der Waals surface area contributed by atoms with Crippen molar-refractivity contribution in [3.63, 3.8) is 0 Å². The molecule has 3 rings (SSSR count). The van der Waals surface area contributed by atoms with Crippen LogP contribution in [-0.2, 0) is 28.6 Å². The number of hydrogen-bond donors (Lipinski definition) is 0. The van der Waals surface area contributed by atoms with E-state index in [-0.39, 0.29) is 35.2 Å². The zero-order valence-electron chi connectivity index (χ0n) is 19.2. The van der Waals surface area contributed by atoms with E-state index in [0.29, 0.717) is 5.92 Å². The highest BCUT2D eigenvalue weighted by Gasteiger charge is 2.63. The molecule has 30 heavy (non-hydrogen) atoms. The van der Waals surface area contributed by atoms with Crippen LogP contribution in [0.3, 0.4) is 0 Å². The van der Waals surface area contributed by atoms with Gasteiger partial charge in [0, 0.05) is 25.3 Å². The first kappa shape index (κ1) is 22.8. The van der Waals surface area contributed by atoms with E-state index in [2.05, 4.69) is 27.7 Å². The number of esters is 2. The highest BCUT2D eigenvalue weighted by Crippen LogP contribution is 2.66. The third-order valence-electron chi connectivity index (χ3n) is 8.26. The Morgan fingerprint density at radius 3 is 2.40 bits per heavy atom. The van der Waals surface area contributed by atoms with Crippen molar-refractivity contribution >= 4 is 18.2 Å². The lowest BCUT2D eigenvalue weighted by molar-refractivity contribution is -0.195. The number of rotatable bonds is 5. The van der Waals surface area contributed by atoms with Crippen LogP contribution in [0.25, 0.3) is 0 Å². The molecule has 1 heterocycles. The maximum Gasteiger partial charge on any atom is 0.305 e. The molecular weight excluding hydrogens is 384 g/mol. The smallest absolute Gasteiger partial charge is 0.305 e. The van der Waals surface area contributed by atoms with Crippen molar-refractivity contribution in [2.75, 3.05) is 6.61 Å². The third-order valence-corrected chi connectivity index (χ3v) is 8.26. The minimum absolute atomic E-state index is 0.0740. The van der Waals surface area contributed by atoms with E-state index in [1.807, 2.05) is 0 Å². The molecule has 2 saturated carbocycles. The van der Waals surface area contributed by atoms with Crippen molar-refractivity contribution in [3.05, 3.63) is 11.8 Å². The third kappa shape index (κ3) is 3.78. The largest absolute Gasteiger partial charge is 0.462 e. The minimum atomic E-state index is -0.808. The highest BCUT2D eigenvalue weighted by atomic mass is 16.7. The second-order valence-corrected chi connectivity index (χ2v) is 10.6. The number of carbonyl (C=O) groups is 3. The zero-order valence-corrected chi connectivity index (χ0v) is 19.2. The number of hydrogen-bond acceptors (Lipinski definition) is 6. The first-order valence-electron chi connectivity index (χ1n) is 11.1. The Kier molecular flexibility index (Phi) is 6.09. The number of ether oxygens (including phenoxy) is 3. The Balaban J connectivity index is 2.00. The Morgan fingerprint density at radius 2 is 1.80 bits per heavy atom. The SMILES string of the molecule is CC(=O)OCC1=CO[C@H](OC(C)=O)[C@H]1[C@@]1(C)CC[C@H]2C(C)(C)CCC[C@]2(C)[C@H]1C=O. The molecule has 0 aromatic rings. The number of fused-ring (bicyclic) bond motifs is 1. The van der Waals surface area contributed by atoms with E-state index < -0.39 is 17.7 Å². The molecule has 0 saturated heterocycles. The fourth-order valence-corrected chi connectivity index (χ4v) is 7.07. The van der Waals surface area contributed by atoms with E-state index >= 15 is 0 Å². The quantitative estimate of drug-likeness (QED) is 0.484. The van der Waals surface area contributed by atoms with Gasteiger partial charge in [-0.05, 0) is 47.8 Å². The predicted octanol–water partition coefficient (Wildman–Crippen LogP) is 4.42. The van der Waals surface area contributed by atoms with E-state index in [0.717, 1.165) is 37.5 Å². The first-order chi connectivity index (χ1) is 14.0. The monoisotopic (exact) mass is 420 g/mol. The molecule has 0 amide bonds. The molecule has 0 aromatic heterocycles. The van der Waals surface area contributed by atoms with Crippen LogP contribution in [-0.4, -0.2) is 31.1 Å². The summed E-state index contributed by atoms with van der Waals surface area (Å²) in [5.41, 5.74) is 0.353. The summed E-state index contributed by atoms with van der Waals surface area (Å²) in [6.07, 6.45) is 6.98.